The maximum absolute atomic E-state index is 6.61. The van der Waals surface area contributed by atoms with Crippen LogP contribution in [-0.2, 0) is 0 Å². The van der Waals surface area contributed by atoms with E-state index in [9.17, 15) is 0 Å². The molecule has 3 nitrogen and oxygen atoms in total. The summed E-state index contributed by atoms with van der Waals surface area (Å²) in [5.74, 6) is 1.19. The summed E-state index contributed by atoms with van der Waals surface area (Å²) >= 11 is 0. The summed E-state index contributed by atoms with van der Waals surface area (Å²) in [6, 6.07) is 0.553. The van der Waals surface area contributed by atoms with Gasteiger partial charge < -0.3 is 5.73 Å². The first kappa shape index (κ1) is 16.9. The van der Waals surface area contributed by atoms with Crippen LogP contribution in [0.1, 0.15) is 79.1 Å². The molecule has 1 rings (SSSR count). The van der Waals surface area contributed by atoms with Gasteiger partial charge in [-0.3, -0.25) is 5.43 Å². The van der Waals surface area contributed by atoms with Crippen LogP contribution in [0.15, 0.2) is 0 Å². The Kier molecular flexibility index (Phi) is 7.33. The second-order valence-electron chi connectivity index (χ2n) is 6.80. The molecular formula is C16H35N3. The van der Waals surface area contributed by atoms with Crippen molar-refractivity contribution < 1.29 is 0 Å². The molecule has 0 amide bonds. The van der Waals surface area contributed by atoms with Crippen molar-refractivity contribution in [1.29, 1.82) is 0 Å². The van der Waals surface area contributed by atoms with Gasteiger partial charge in [0.05, 0.1) is 5.66 Å². The fraction of sp³-hybridized carbons (Fsp3) is 1.00. The molecule has 1 heterocycles. The Bertz CT molecular complexity index is 242. The van der Waals surface area contributed by atoms with Gasteiger partial charge in [0, 0.05) is 6.04 Å². The highest BCUT2D eigenvalue weighted by Crippen LogP contribution is 2.26. The molecule has 3 atom stereocenters. The Labute approximate surface area is 120 Å². The minimum Gasteiger partial charge on any atom is -0.312 e. The molecule has 3 heteroatoms. The molecule has 1 saturated heterocycles. The predicted molar refractivity (Wildman–Crippen MR) is 83.6 cm³/mol. The number of hydrazine groups is 1. The maximum Gasteiger partial charge on any atom is 0.0817 e. The molecule has 0 aromatic heterocycles. The van der Waals surface area contributed by atoms with E-state index in [1.807, 2.05) is 0 Å². The molecule has 0 bridgehead atoms. The van der Waals surface area contributed by atoms with Crippen LogP contribution in [0.25, 0.3) is 0 Å². The van der Waals surface area contributed by atoms with Crippen molar-refractivity contribution in [3.63, 3.8) is 0 Å². The smallest absolute Gasteiger partial charge is 0.0817 e. The predicted octanol–water partition coefficient (Wildman–Crippen LogP) is 3.55. The molecule has 1 aliphatic rings. The SMILES string of the molecule is CCCCCCC(C)C1(N)CCCC(C(C)C)NN1. The highest BCUT2D eigenvalue weighted by atomic mass is 15.4. The van der Waals surface area contributed by atoms with Gasteiger partial charge >= 0.3 is 0 Å². The van der Waals surface area contributed by atoms with Crippen molar-refractivity contribution in [3.8, 4) is 0 Å². The zero-order valence-corrected chi connectivity index (χ0v) is 13.5. The average Bonchev–Trinajstić information content (AvgIpc) is 2.57. The van der Waals surface area contributed by atoms with Crippen molar-refractivity contribution in [2.45, 2.75) is 90.8 Å². The van der Waals surface area contributed by atoms with Gasteiger partial charge in [-0.15, -0.1) is 0 Å². The molecule has 4 N–H and O–H groups in total. The third kappa shape index (κ3) is 5.41. The van der Waals surface area contributed by atoms with E-state index in [0.29, 0.717) is 17.9 Å². The average molecular weight is 269 g/mol. The lowest BCUT2D eigenvalue weighted by Crippen LogP contribution is -2.63. The van der Waals surface area contributed by atoms with Crippen molar-refractivity contribution in [2.24, 2.45) is 17.6 Å². The van der Waals surface area contributed by atoms with Gasteiger partial charge in [0.25, 0.3) is 0 Å². The molecular weight excluding hydrogens is 234 g/mol. The van der Waals surface area contributed by atoms with E-state index in [4.69, 9.17) is 5.73 Å². The van der Waals surface area contributed by atoms with E-state index in [2.05, 4.69) is 38.5 Å². The van der Waals surface area contributed by atoms with Gasteiger partial charge in [0.15, 0.2) is 0 Å². The minimum atomic E-state index is -0.226. The molecule has 0 aliphatic carbocycles. The van der Waals surface area contributed by atoms with Gasteiger partial charge in [0.1, 0.15) is 0 Å². The Morgan fingerprint density at radius 2 is 1.95 bits per heavy atom. The Balaban J connectivity index is 2.41. The van der Waals surface area contributed by atoms with Crippen LogP contribution in [0.5, 0.6) is 0 Å². The molecule has 0 aromatic rings. The largest absolute Gasteiger partial charge is 0.312 e. The van der Waals surface area contributed by atoms with Crippen LogP contribution >= 0.6 is 0 Å². The summed E-state index contributed by atoms with van der Waals surface area (Å²) in [4.78, 5) is 0. The van der Waals surface area contributed by atoms with Crippen LogP contribution in [0, 0.1) is 11.8 Å². The minimum absolute atomic E-state index is 0.226. The standard InChI is InChI=1S/C16H35N3/c1-5-6-7-8-10-14(4)16(17)12-9-11-15(13(2)3)18-19-16/h13-15,18-19H,5-12,17H2,1-4H3. The fourth-order valence-corrected chi connectivity index (χ4v) is 2.98. The van der Waals surface area contributed by atoms with Gasteiger partial charge in [-0.2, -0.15) is 0 Å². The first-order chi connectivity index (χ1) is 8.99. The zero-order chi connectivity index (χ0) is 14.3. The van der Waals surface area contributed by atoms with E-state index in [1.54, 1.807) is 0 Å². The van der Waals surface area contributed by atoms with Crippen molar-refractivity contribution in [3.05, 3.63) is 0 Å². The molecule has 19 heavy (non-hydrogen) atoms. The van der Waals surface area contributed by atoms with Crippen LogP contribution in [0.4, 0.5) is 0 Å². The first-order valence-electron chi connectivity index (χ1n) is 8.31. The lowest BCUT2D eigenvalue weighted by molar-refractivity contribution is 0.174. The Hall–Kier alpha value is -0.120. The van der Waals surface area contributed by atoms with E-state index in [0.717, 1.165) is 6.42 Å². The molecule has 1 fully saturated rings. The molecule has 0 spiro atoms. The van der Waals surface area contributed by atoms with E-state index < -0.39 is 0 Å². The van der Waals surface area contributed by atoms with Crippen LogP contribution in [-0.4, -0.2) is 11.7 Å². The van der Waals surface area contributed by atoms with Crippen molar-refractivity contribution >= 4 is 0 Å². The zero-order valence-electron chi connectivity index (χ0n) is 13.5. The van der Waals surface area contributed by atoms with Crippen molar-refractivity contribution in [2.75, 3.05) is 0 Å². The summed E-state index contributed by atoms with van der Waals surface area (Å²) in [7, 11) is 0. The molecule has 0 saturated carbocycles. The third-order valence-corrected chi connectivity index (χ3v) is 4.77. The summed E-state index contributed by atoms with van der Waals surface area (Å²) in [6.07, 6.45) is 10.1. The second-order valence-corrected chi connectivity index (χ2v) is 6.80. The first-order valence-corrected chi connectivity index (χ1v) is 8.31. The number of unbranched alkanes of at least 4 members (excludes halogenated alkanes) is 3. The topological polar surface area (TPSA) is 50.1 Å². The number of hydrogen-bond donors (Lipinski definition) is 3. The van der Waals surface area contributed by atoms with Crippen LogP contribution in [0.3, 0.4) is 0 Å². The molecule has 0 aromatic carbocycles. The third-order valence-electron chi connectivity index (χ3n) is 4.77. The highest BCUT2D eigenvalue weighted by Gasteiger charge is 2.34. The number of hydrogen-bond acceptors (Lipinski definition) is 3. The summed E-state index contributed by atoms with van der Waals surface area (Å²) in [5, 5.41) is 0. The van der Waals surface area contributed by atoms with Gasteiger partial charge in [-0.25, -0.2) is 5.43 Å². The normalized spacial score (nSPS) is 30.3. The van der Waals surface area contributed by atoms with Crippen molar-refractivity contribution in [1.82, 2.24) is 10.9 Å². The molecule has 0 radical (unpaired) electrons. The number of nitrogens with two attached hydrogens (primary N) is 1. The molecule has 3 unspecified atom stereocenters. The Morgan fingerprint density at radius 3 is 2.58 bits per heavy atom. The lowest BCUT2D eigenvalue weighted by atomic mass is 9.86. The Morgan fingerprint density at radius 1 is 1.21 bits per heavy atom. The number of rotatable bonds is 7. The quantitative estimate of drug-likeness (QED) is 0.620. The molecule has 1 aliphatic heterocycles. The monoisotopic (exact) mass is 269 g/mol. The fourth-order valence-electron chi connectivity index (χ4n) is 2.98. The van der Waals surface area contributed by atoms with E-state index in [1.165, 1.54) is 44.9 Å². The van der Waals surface area contributed by atoms with E-state index >= 15 is 0 Å². The lowest BCUT2D eigenvalue weighted by Gasteiger charge is -2.36. The van der Waals surface area contributed by atoms with Crippen LogP contribution in [0.2, 0.25) is 0 Å². The maximum atomic E-state index is 6.61. The van der Waals surface area contributed by atoms with Gasteiger partial charge in [-0.05, 0) is 37.5 Å². The summed E-state index contributed by atoms with van der Waals surface area (Å²) in [6.45, 7) is 9.11. The number of nitrogens with one attached hydrogen (secondary N) is 2. The van der Waals surface area contributed by atoms with Gasteiger partial charge in [0.2, 0.25) is 0 Å². The second kappa shape index (κ2) is 8.23. The van der Waals surface area contributed by atoms with E-state index in [-0.39, 0.29) is 5.66 Å². The summed E-state index contributed by atoms with van der Waals surface area (Å²) < 4.78 is 0. The van der Waals surface area contributed by atoms with Crippen LogP contribution < -0.4 is 16.6 Å². The van der Waals surface area contributed by atoms with Gasteiger partial charge in [-0.1, -0.05) is 53.4 Å². The summed E-state index contributed by atoms with van der Waals surface area (Å²) in [5.41, 5.74) is 13.3. The molecule has 114 valence electrons. The highest BCUT2D eigenvalue weighted by molar-refractivity contribution is 4.89.